The van der Waals surface area contributed by atoms with Crippen LogP contribution >= 0.6 is 0 Å². The first kappa shape index (κ1) is 16.5. The van der Waals surface area contributed by atoms with E-state index in [1.54, 1.807) is 12.1 Å². The first-order chi connectivity index (χ1) is 11.5. The second-order valence-corrected chi connectivity index (χ2v) is 6.55. The van der Waals surface area contributed by atoms with Crippen LogP contribution in [0.5, 0.6) is 11.5 Å². The van der Waals surface area contributed by atoms with Crippen molar-refractivity contribution in [1.29, 1.82) is 0 Å². The number of aryl methyl sites for hydroxylation is 1. The second-order valence-electron chi connectivity index (χ2n) is 6.55. The number of benzene rings is 2. The van der Waals surface area contributed by atoms with Crippen molar-refractivity contribution in [3.05, 3.63) is 34.9 Å². The van der Waals surface area contributed by atoms with Crippen LogP contribution in [0.25, 0.3) is 10.8 Å². The molecule has 0 saturated heterocycles. The third-order valence-electron chi connectivity index (χ3n) is 4.82. The zero-order chi connectivity index (χ0) is 17.4. The summed E-state index contributed by atoms with van der Waals surface area (Å²) in [4.78, 5) is 25.2. The summed E-state index contributed by atoms with van der Waals surface area (Å²) in [6.45, 7) is 4.02. The molecule has 0 amide bonds. The Morgan fingerprint density at radius 3 is 2.38 bits per heavy atom. The molecule has 0 bridgehead atoms. The van der Waals surface area contributed by atoms with Crippen molar-refractivity contribution < 1.29 is 19.8 Å². The molecule has 0 aliphatic heterocycles. The van der Waals surface area contributed by atoms with Crippen molar-refractivity contribution in [1.82, 2.24) is 0 Å². The molecule has 0 fully saturated rings. The van der Waals surface area contributed by atoms with Gasteiger partial charge in [-0.3, -0.25) is 9.59 Å². The van der Waals surface area contributed by atoms with Gasteiger partial charge in [-0.15, -0.1) is 0 Å². The quantitative estimate of drug-likeness (QED) is 0.817. The Hall–Kier alpha value is -2.36. The number of aromatic hydroxyl groups is 2. The van der Waals surface area contributed by atoms with Crippen molar-refractivity contribution in [3.63, 3.8) is 0 Å². The fourth-order valence-corrected chi connectivity index (χ4v) is 3.66. The van der Waals surface area contributed by atoms with E-state index in [4.69, 9.17) is 0 Å². The zero-order valence-corrected chi connectivity index (χ0v) is 14.1. The van der Waals surface area contributed by atoms with Crippen LogP contribution in [0.15, 0.2) is 18.2 Å². The number of ketones is 2. The van der Waals surface area contributed by atoms with E-state index < -0.39 is 5.92 Å². The van der Waals surface area contributed by atoms with Gasteiger partial charge in [0.1, 0.15) is 11.5 Å². The van der Waals surface area contributed by atoms with Crippen LogP contribution in [-0.2, 0) is 6.42 Å². The number of phenols is 2. The third-order valence-corrected chi connectivity index (χ3v) is 4.82. The molecule has 0 spiro atoms. The highest BCUT2D eigenvalue weighted by molar-refractivity contribution is 6.21. The summed E-state index contributed by atoms with van der Waals surface area (Å²) < 4.78 is 0. The van der Waals surface area contributed by atoms with Gasteiger partial charge in [-0.2, -0.15) is 0 Å². The van der Waals surface area contributed by atoms with Crippen LogP contribution < -0.4 is 0 Å². The molecule has 24 heavy (non-hydrogen) atoms. The highest BCUT2D eigenvalue weighted by Gasteiger charge is 2.37. The van der Waals surface area contributed by atoms with Gasteiger partial charge >= 0.3 is 0 Å². The Kier molecular flexibility index (Phi) is 4.31. The number of phenolic OH excluding ortho intramolecular Hbond substituents is 2. The minimum absolute atomic E-state index is 0.00191. The summed E-state index contributed by atoms with van der Waals surface area (Å²) in [6, 6.07) is 5.40. The van der Waals surface area contributed by atoms with Gasteiger partial charge in [0.2, 0.25) is 0 Å². The smallest absolute Gasteiger partial charge is 0.171 e. The average Bonchev–Trinajstić information content (AvgIpc) is 2.56. The van der Waals surface area contributed by atoms with Gasteiger partial charge in [0.15, 0.2) is 11.6 Å². The van der Waals surface area contributed by atoms with Crippen molar-refractivity contribution in [2.24, 2.45) is 5.92 Å². The third kappa shape index (κ3) is 2.46. The van der Waals surface area contributed by atoms with Crippen LogP contribution in [0.1, 0.15) is 65.8 Å². The monoisotopic (exact) mass is 326 g/mol. The first-order valence-corrected chi connectivity index (χ1v) is 8.57. The number of carbonyl (C=O) groups is 2. The van der Waals surface area contributed by atoms with Crippen molar-refractivity contribution >= 4 is 22.3 Å². The number of hydrogen-bond acceptors (Lipinski definition) is 4. The molecule has 2 aromatic carbocycles. The lowest BCUT2D eigenvalue weighted by Gasteiger charge is -2.24. The van der Waals surface area contributed by atoms with Crippen LogP contribution in [-0.4, -0.2) is 21.8 Å². The predicted molar refractivity (Wildman–Crippen MR) is 92.9 cm³/mol. The molecule has 1 aliphatic carbocycles. The van der Waals surface area contributed by atoms with Crippen molar-refractivity contribution in [3.8, 4) is 11.5 Å². The Labute approximate surface area is 141 Å². The molecule has 3 rings (SSSR count). The normalized spacial score (nSPS) is 17.3. The van der Waals surface area contributed by atoms with E-state index in [0.717, 1.165) is 24.8 Å². The lowest BCUT2D eigenvalue weighted by Crippen LogP contribution is -2.27. The van der Waals surface area contributed by atoms with Gasteiger partial charge in [-0.05, 0) is 24.5 Å². The number of fused-ring (bicyclic) bond motifs is 2. The fourth-order valence-electron chi connectivity index (χ4n) is 3.66. The number of hydrogen-bond donors (Lipinski definition) is 2. The van der Waals surface area contributed by atoms with Crippen molar-refractivity contribution in [2.75, 3.05) is 0 Å². The van der Waals surface area contributed by atoms with E-state index in [9.17, 15) is 19.8 Å². The van der Waals surface area contributed by atoms with E-state index in [-0.39, 0.29) is 40.6 Å². The summed E-state index contributed by atoms with van der Waals surface area (Å²) in [5.74, 6) is -1.27. The summed E-state index contributed by atoms with van der Waals surface area (Å²) >= 11 is 0. The largest absolute Gasteiger partial charge is 0.507 e. The minimum atomic E-state index is -0.405. The number of rotatable bonds is 4. The van der Waals surface area contributed by atoms with Gasteiger partial charge in [-0.25, -0.2) is 0 Å². The summed E-state index contributed by atoms with van der Waals surface area (Å²) in [5.41, 5.74) is 1.02. The minimum Gasteiger partial charge on any atom is -0.507 e. The Morgan fingerprint density at radius 2 is 1.71 bits per heavy atom. The molecular formula is C20H22O4. The number of Topliss-reactive ketones (excluding diaryl/α,β-unsaturated/α-hetero) is 2. The SMILES string of the molecule is CCCc1ccc2c(O)c3c(c(O)c2c1)C(=O)CC(CCC)C3=O. The maximum absolute atomic E-state index is 12.7. The summed E-state index contributed by atoms with van der Waals surface area (Å²) in [7, 11) is 0. The fraction of sp³-hybridized carbons (Fsp3) is 0.400. The van der Waals surface area contributed by atoms with Gasteiger partial charge in [0.25, 0.3) is 0 Å². The molecule has 0 radical (unpaired) electrons. The standard InChI is InChI=1S/C20H22O4/c1-3-5-11-7-8-13-14(9-11)20(24)16-15(21)10-12(6-4-2)18(22)17(16)19(13)23/h7-9,12,23-24H,3-6,10H2,1-2H3. The highest BCUT2D eigenvalue weighted by atomic mass is 16.3. The van der Waals surface area contributed by atoms with Gasteiger partial charge < -0.3 is 10.2 Å². The topological polar surface area (TPSA) is 74.6 Å². The zero-order valence-electron chi connectivity index (χ0n) is 14.1. The summed E-state index contributed by atoms with van der Waals surface area (Å²) in [6.07, 6.45) is 3.31. The summed E-state index contributed by atoms with van der Waals surface area (Å²) in [5, 5.41) is 22.1. The van der Waals surface area contributed by atoms with E-state index in [0.29, 0.717) is 17.2 Å². The van der Waals surface area contributed by atoms with Crippen LogP contribution in [0, 0.1) is 5.92 Å². The Morgan fingerprint density at radius 1 is 1.00 bits per heavy atom. The van der Waals surface area contributed by atoms with E-state index in [2.05, 4.69) is 6.92 Å². The molecule has 2 N–H and O–H groups in total. The maximum atomic E-state index is 12.7. The van der Waals surface area contributed by atoms with E-state index in [1.807, 2.05) is 13.0 Å². The molecule has 0 saturated carbocycles. The molecule has 4 heteroatoms. The molecule has 1 unspecified atom stereocenters. The molecular weight excluding hydrogens is 304 g/mol. The first-order valence-electron chi connectivity index (χ1n) is 8.57. The average molecular weight is 326 g/mol. The van der Waals surface area contributed by atoms with E-state index >= 15 is 0 Å². The van der Waals surface area contributed by atoms with Crippen LogP contribution in [0.2, 0.25) is 0 Å². The second kappa shape index (κ2) is 6.27. The maximum Gasteiger partial charge on any atom is 0.171 e. The lowest BCUT2D eigenvalue weighted by atomic mass is 9.77. The number of carbonyl (C=O) groups excluding carboxylic acids is 2. The van der Waals surface area contributed by atoms with Crippen LogP contribution in [0.4, 0.5) is 0 Å². The van der Waals surface area contributed by atoms with Crippen molar-refractivity contribution in [2.45, 2.75) is 46.0 Å². The molecule has 4 nitrogen and oxygen atoms in total. The molecule has 2 aromatic rings. The highest BCUT2D eigenvalue weighted by Crippen LogP contribution is 2.44. The predicted octanol–water partition coefficient (Wildman–Crippen LogP) is 4.39. The van der Waals surface area contributed by atoms with E-state index in [1.165, 1.54) is 0 Å². The van der Waals surface area contributed by atoms with Gasteiger partial charge in [-0.1, -0.05) is 38.8 Å². The molecule has 1 atom stereocenters. The molecule has 1 aliphatic rings. The van der Waals surface area contributed by atoms with Gasteiger partial charge in [0.05, 0.1) is 11.1 Å². The molecule has 0 aromatic heterocycles. The Bertz CT molecular complexity index is 835. The molecule has 126 valence electrons. The van der Waals surface area contributed by atoms with Gasteiger partial charge in [0, 0.05) is 23.1 Å². The molecule has 0 heterocycles. The van der Waals surface area contributed by atoms with Crippen LogP contribution in [0.3, 0.4) is 0 Å². The lowest BCUT2D eigenvalue weighted by molar-refractivity contribution is 0.0811. The Balaban J connectivity index is 2.27.